The summed E-state index contributed by atoms with van der Waals surface area (Å²) in [6.07, 6.45) is 5.37. The molecule has 176 valence electrons. The van der Waals surface area contributed by atoms with E-state index in [9.17, 15) is 4.79 Å². The minimum atomic E-state index is -0.250. The van der Waals surface area contributed by atoms with Crippen molar-refractivity contribution >= 4 is 22.7 Å². The van der Waals surface area contributed by atoms with Gasteiger partial charge in [-0.25, -0.2) is 9.67 Å². The minimum Gasteiger partial charge on any atom is -0.368 e. The molecule has 3 aromatic heterocycles. The lowest BCUT2D eigenvalue weighted by Crippen LogP contribution is -2.44. The molecule has 3 aromatic rings. The Kier molecular flexibility index (Phi) is 7.14. The van der Waals surface area contributed by atoms with Crippen molar-refractivity contribution in [1.82, 2.24) is 34.5 Å². The van der Waals surface area contributed by atoms with E-state index in [1.54, 1.807) is 6.20 Å². The average Bonchev–Trinajstić information content (AvgIpc) is 2.78. The summed E-state index contributed by atoms with van der Waals surface area (Å²) in [4.78, 5) is 31.1. The third kappa shape index (κ3) is 5.63. The Morgan fingerprint density at radius 3 is 2.61 bits per heavy atom. The fraction of sp³-hybridized carbons (Fsp3) is 0.522. The molecule has 0 spiro atoms. The lowest BCUT2D eigenvalue weighted by Gasteiger charge is -2.32. The molecule has 0 radical (unpaired) electrons. The van der Waals surface area contributed by atoms with Crippen LogP contribution in [0, 0.1) is 0 Å². The molecule has 1 saturated heterocycles. The van der Waals surface area contributed by atoms with Gasteiger partial charge in [0.2, 0.25) is 5.95 Å². The molecule has 0 amide bonds. The largest absolute Gasteiger partial charge is 0.368 e. The van der Waals surface area contributed by atoms with E-state index in [-0.39, 0.29) is 17.5 Å². The van der Waals surface area contributed by atoms with Crippen LogP contribution in [-0.4, -0.2) is 73.8 Å². The smallest absolute Gasteiger partial charge is 0.280 e. The van der Waals surface area contributed by atoms with Crippen molar-refractivity contribution in [3.8, 4) is 0 Å². The summed E-state index contributed by atoms with van der Waals surface area (Å²) in [6.45, 7) is 9.61. The van der Waals surface area contributed by atoms with Crippen LogP contribution in [0.1, 0.15) is 37.9 Å². The molecule has 4 heterocycles. The van der Waals surface area contributed by atoms with E-state index in [0.717, 1.165) is 56.8 Å². The van der Waals surface area contributed by atoms with Crippen LogP contribution in [0.5, 0.6) is 0 Å². The minimum absolute atomic E-state index is 0.118. The zero-order valence-electron chi connectivity index (χ0n) is 19.7. The summed E-state index contributed by atoms with van der Waals surface area (Å²) < 4.78 is 1.43. The summed E-state index contributed by atoms with van der Waals surface area (Å²) >= 11 is 0. The normalized spacial score (nSPS) is 16.2. The number of rotatable bonds is 8. The van der Waals surface area contributed by atoms with Crippen LogP contribution in [0.25, 0.3) is 10.9 Å². The first-order valence-corrected chi connectivity index (χ1v) is 11.6. The second-order valence-electron chi connectivity index (χ2n) is 8.87. The van der Waals surface area contributed by atoms with E-state index >= 15 is 0 Å². The number of hydrogen-bond donors (Lipinski definition) is 2. The van der Waals surface area contributed by atoms with Gasteiger partial charge in [0.25, 0.3) is 5.56 Å². The van der Waals surface area contributed by atoms with Gasteiger partial charge in [0, 0.05) is 45.0 Å². The average molecular weight is 452 g/mol. The zero-order valence-corrected chi connectivity index (χ0v) is 19.7. The molecule has 0 saturated carbocycles. The Bertz CT molecular complexity index is 1140. The van der Waals surface area contributed by atoms with Crippen LogP contribution < -0.4 is 16.6 Å². The van der Waals surface area contributed by atoms with Crippen molar-refractivity contribution in [3.05, 3.63) is 46.1 Å². The molecule has 33 heavy (non-hydrogen) atoms. The van der Waals surface area contributed by atoms with Gasteiger partial charge in [-0.3, -0.25) is 14.7 Å². The number of hydrogen-bond acceptors (Lipinski definition) is 9. The van der Waals surface area contributed by atoms with Crippen LogP contribution in [0.15, 0.2) is 29.3 Å². The SMILES string of the molecule is CCC[C@@H](C)Nc1nc(N)nc2cnn(Cc3ccc(CN4CCN(C)CC4)nc3)c(=O)c12. The highest BCUT2D eigenvalue weighted by Gasteiger charge is 2.16. The third-order valence-electron chi connectivity index (χ3n) is 6.03. The quantitative estimate of drug-likeness (QED) is 0.526. The van der Waals surface area contributed by atoms with Crippen LogP contribution in [0.2, 0.25) is 0 Å². The molecule has 0 bridgehead atoms. The standard InChI is InChI=1S/C23H33N9O/c1-4-5-16(2)27-21-20-19(28-23(24)29-21)13-26-32(22(20)33)14-17-6-7-18(25-12-17)15-31-10-8-30(3)9-11-31/h6-7,12-13,16H,4-5,8-11,14-15H2,1-3H3,(H3,24,27,28,29)/t16-/m1/s1. The van der Waals surface area contributed by atoms with Crippen LogP contribution >= 0.6 is 0 Å². The van der Waals surface area contributed by atoms with E-state index in [1.165, 1.54) is 4.68 Å². The van der Waals surface area contributed by atoms with Gasteiger partial charge in [0.15, 0.2) is 0 Å². The van der Waals surface area contributed by atoms with Crippen molar-refractivity contribution in [3.63, 3.8) is 0 Å². The monoisotopic (exact) mass is 451 g/mol. The Hall–Kier alpha value is -3.11. The number of nitrogen functional groups attached to an aromatic ring is 1. The van der Waals surface area contributed by atoms with Crippen molar-refractivity contribution in [1.29, 1.82) is 0 Å². The van der Waals surface area contributed by atoms with E-state index in [2.05, 4.69) is 56.1 Å². The molecule has 4 rings (SSSR count). The summed E-state index contributed by atoms with van der Waals surface area (Å²) in [5.41, 5.74) is 7.99. The Morgan fingerprint density at radius 2 is 1.91 bits per heavy atom. The molecule has 1 aliphatic heterocycles. The molecule has 1 atom stereocenters. The molecule has 10 heteroatoms. The summed E-state index contributed by atoms with van der Waals surface area (Å²) in [7, 11) is 2.15. The molecule has 1 fully saturated rings. The number of anilines is 2. The van der Waals surface area contributed by atoms with E-state index in [0.29, 0.717) is 23.3 Å². The number of piperazine rings is 1. The van der Waals surface area contributed by atoms with Gasteiger partial charge in [-0.05, 0) is 32.0 Å². The first kappa shape index (κ1) is 23.1. The molecular weight excluding hydrogens is 418 g/mol. The van der Waals surface area contributed by atoms with Gasteiger partial charge >= 0.3 is 0 Å². The molecule has 0 aromatic carbocycles. The number of aromatic nitrogens is 5. The van der Waals surface area contributed by atoms with Crippen molar-refractivity contribution < 1.29 is 0 Å². The molecule has 0 unspecified atom stereocenters. The molecule has 0 aliphatic carbocycles. The van der Waals surface area contributed by atoms with Gasteiger partial charge in [-0.2, -0.15) is 10.1 Å². The number of nitrogens with one attached hydrogen (secondary N) is 1. The highest BCUT2D eigenvalue weighted by molar-refractivity contribution is 5.88. The number of nitrogens with zero attached hydrogens (tertiary/aromatic N) is 7. The first-order chi connectivity index (χ1) is 15.9. The lowest BCUT2D eigenvalue weighted by molar-refractivity contribution is 0.147. The van der Waals surface area contributed by atoms with E-state index in [4.69, 9.17) is 5.73 Å². The Labute approximate surface area is 193 Å². The summed E-state index contributed by atoms with van der Waals surface area (Å²) in [6, 6.07) is 4.20. The van der Waals surface area contributed by atoms with Gasteiger partial charge in [-0.1, -0.05) is 19.4 Å². The highest BCUT2D eigenvalue weighted by atomic mass is 16.1. The van der Waals surface area contributed by atoms with Crippen LogP contribution in [0.4, 0.5) is 11.8 Å². The third-order valence-corrected chi connectivity index (χ3v) is 6.03. The molecular formula is C23H33N9O. The number of fused-ring (bicyclic) bond motifs is 1. The zero-order chi connectivity index (χ0) is 23.4. The molecule has 1 aliphatic rings. The van der Waals surface area contributed by atoms with Crippen LogP contribution in [-0.2, 0) is 13.1 Å². The molecule has 3 N–H and O–H groups in total. The van der Waals surface area contributed by atoms with Gasteiger partial charge in [0.05, 0.1) is 18.4 Å². The van der Waals surface area contributed by atoms with Crippen molar-refractivity contribution in [2.45, 2.75) is 45.8 Å². The topological polar surface area (TPSA) is 118 Å². The van der Waals surface area contributed by atoms with Crippen LogP contribution in [0.3, 0.4) is 0 Å². The Morgan fingerprint density at radius 1 is 1.12 bits per heavy atom. The maximum atomic E-state index is 13.3. The lowest BCUT2D eigenvalue weighted by atomic mass is 10.2. The summed E-state index contributed by atoms with van der Waals surface area (Å²) in [5.74, 6) is 0.577. The van der Waals surface area contributed by atoms with Crippen molar-refractivity contribution in [2.24, 2.45) is 0 Å². The maximum Gasteiger partial charge on any atom is 0.280 e. The van der Waals surface area contributed by atoms with Gasteiger partial charge in [0.1, 0.15) is 16.7 Å². The second-order valence-corrected chi connectivity index (χ2v) is 8.87. The fourth-order valence-electron chi connectivity index (χ4n) is 4.11. The predicted octanol–water partition coefficient (Wildman–Crippen LogP) is 1.56. The Balaban J connectivity index is 1.53. The number of pyridine rings is 1. The second kappa shape index (κ2) is 10.2. The maximum absolute atomic E-state index is 13.3. The number of nitrogens with two attached hydrogens (primary N) is 1. The van der Waals surface area contributed by atoms with E-state index in [1.807, 2.05) is 18.3 Å². The summed E-state index contributed by atoms with van der Waals surface area (Å²) in [5, 5.41) is 8.03. The van der Waals surface area contributed by atoms with Gasteiger partial charge < -0.3 is 16.0 Å². The first-order valence-electron chi connectivity index (χ1n) is 11.6. The highest BCUT2D eigenvalue weighted by Crippen LogP contribution is 2.19. The van der Waals surface area contributed by atoms with Crippen molar-refractivity contribution in [2.75, 3.05) is 44.3 Å². The molecule has 10 nitrogen and oxygen atoms in total. The number of likely N-dealkylation sites (N-methyl/N-ethyl adjacent to an activating group) is 1. The van der Waals surface area contributed by atoms with Gasteiger partial charge in [-0.15, -0.1) is 0 Å². The fourth-order valence-corrected chi connectivity index (χ4v) is 4.11. The van der Waals surface area contributed by atoms with E-state index < -0.39 is 0 Å². The predicted molar refractivity (Wildman–Crippen MR) is 130 cm³/mol.